The first-order chi connectivity index (χ1) is 53.5. The molecule has 0 radical (unpaired) electrons. The molecule has 0 unspecified atom stereocenters. The average molecular weight is 1410 g/mol. The molecule has 21 rings (SSSR count). The molecular formula is C97H59N9S2. The number of nitrogens with zero attached hydrogens (tertiary/aromatic N) is 9. The summed E-state index contributed by atoms with van der Waals surface area (Å²) in [6.45, 7) is 0. The summed E-state index contributed by atoms with van der Waals surface area (Å²) in [5.41, 5.74) is 19.9. The number of para-hydroxylation sites is 2. The number of rotatable bonds is 11. The van der Waals surface area contributed by atoms with E-state index in [4.69, 9.17) is 29.9 Å². The van der Waals surface area contributed by atoms with Crippen molar-refractivity contribution in [2.45, 2.75) is 0 Å². The molecule has 108 heavy (non-hydrogen) atoms. The molecule has 0 fully saturated rings. The smallest absolute Gasteiger partial charge is 0.164 e. The van der Waals surface area contributed by atoms with Crippen molar-refractivity contribution < 1.29 is 0 Å². The monoisotopic (exact) mass is 1410 g/mol. The van der Waals surface area contributed by atoms with Crippen molar-refractivity contribution >= 4 is 107 Å². The molecule has 0 bridgehead atoms. The van der Waals surface area contributed by atoms with Gasteiger partial charge < -0.3 is 9.13 Å². The van der Waals surface area contributed by atoms with E-state index in [1.54, 1.807) is 6.07 Å². The molecule has 9 nitrogen and oxygen atoms in total. The molecule has 0 saturated heterocycles. The van der Waals surface area contributed by atoms with Crippen LogP contribution >= 0.6 is 22.7 Å². The van der Waals surface area contributed by atoms with Crippen LogP contribution in [0.1, 0.15) is 5.56 Å². The topological polar surface area (TPSA) is 111 Å². The Balaban J connectivity index is 0.000000143. The molecule has 0 spiro atoms. The fourth-order valence-electron chi connectivity index (χ4n) is 15.2. The number of hydrogen-bond acceptors (Lipinski definition) is 9. The predicted molar refractivity (Wildman–Crippen MR) is 448 cm³/mol. The Morgan fingerprint density at radius 1 is 0.222 bits per heavy atom. The van der Waals surface area contributed by atoms with Crippen molar-refractivity contribution in [3.8, 4) is 119 Å². The van der Waals surface area contributed by atoms with Crippen LogP contribution in [0.3, 0.4) is 0 Å². The van der Waals surface area contributed by atoms with Gasteiger partial charge in [0.1, 0.15) is 0 Å². The van der Waals surface area contributed by atoms with Crippen molar-refractivity contribution in [2.75, 3.05) is 0 Å². The molecule has 0 saturated carbocycles. The van der Waals surface area contributed by atoms with Crippen LogP contribution in [0.4, 0.5) is 0 Å². The number of benzene rings is 15. The van der Waals surface area contributed by atoms with Gasteiger partial charge in [0, 0.05) is 107 Å². The summed E-state index contributed by atoms with van der Waals surface area (Å²) >= 11 is 3.74. The van der Waals surface area contributed by atoms with E-state index in [9.17, 15) is 5.26 Å². The van der Waals surface area contributed by atoms with Gasteiger partial charge >= 0.3 is 0 Å². The fraction of sp³-hybridized carbons (Fsp3) is 0. The lowest BCUT2D eigenvalue weighted by molar-refractivity contribution is 1.07. The summed E-state index contributed by atoms with van der Waals surface area (Å²) in [6.07, 6.45) is 0. The molecule has 0 aliphatic heterocycles. The van der Waals surface area contributed by atoms with Crippen molar-refractivity contribution in [1.82, 2.24) is 39.0 Å². The third-order valence-corrected chi connectivity index (χ3v) is 22.8. The summed E-state index contributed by atoms with van der Waals surface area (Å²) in [4.78, 5) is 29.7. The van der Waals surface area contributed by atoms with E-state index in [0.717, 1.165) is 66.9 Å². The van der Waals surface area contributed by atoms with Gasteiger partial charge in [-0.3, -0.25) is 0 Å². The minimum atomic E-state index is 0.523. The standard InChI is InChI=1S/C51H32N4S.C46H27N5S/c1-3-13-33(14-4-1)36-17-11-18-38(31-36)51-53-49(34-15-5-2-6-16-34)52-50(54-51)35-25-28-39(29-26-35)55-45-23-9-7-19-41(45)44-32-37(27-30-46(44)55)40-21-12-22-43-42-20-8-10-24-47(42)56-48(40)43;47-28-29-10-8-13-33(26-29)46-49-44(30-11-2-1-3-12-30)48-45(50-46)31-20-23-34(24-21-31)51-40-18-6-4-14-36(40)39-27-32(22-25-41(39)51)35-16-9-17-38-37-15-5-7-19-42(37)52-43(35)38/h1-32H;1-27H. The Morgan fingerprint density at radius 2 is 0.546 bits per heavy atom. The number of fused-ring (bicyclic) bond motifs is 12. The highest BCUT2D eigenvalue weighted by Crippen LogP contribution is 2.45. The van der Waals surface area contributed by atoms with Crippen molar-refractivity contribution in [2.24, 2.45) is 0 Å². The van der Waals surface area contributed by atoms with Crippen LogP contribution in [0.25, 0.3) is 197 Å². The summed E-state index contributed by atoms with van der Waals surface area (Å²) < 4.78 is 9.97. The lowest BCUT2D eigenvalue weighted by Crippen LogP contribution is -2.00. The second-order valence-corrected chi connectivity index (χ2v) is 28.9. The van der Waals surface area contributed by atoms with Gasteiger partial charge in [0.2, 0.25) is 0 Å². The first kappa shape index (κ1) is 63.5. The zero-order chi connectivity index (χ0) is 71.6. The molecule has 0 aliphatic rings. The van der Waals surface area contributed by atoms with Crippen LogP contribution in [0.2, 0.25) is 0 Å². The third-order valence-electron chi connectivity index (χ3n) is 20.4. The Morgan fingerprint density at radius 3 is 1.00 bits per heavy atom. The Hall–Kier alpha value is -14.2. The molecule has 15 aromatic carbocycles. The SMILES string of the molecule is N#Cc1cccc(-c2nc(-c3ccccc3)nc(-c3ccc(-n4c5ccccc5c5cc(-c6cccc7c6sc6ccccc67)ccc54)cc3)n2)c1.c1ccc(-c2cccc(-c3nc(-c4ccccc4)nc(-c4ccc(-n5c6ccccc6c6cc(-c7cccc8c7sc7ccccc78)ccc65)cc4)n3)c2)cc1. The summed E-state index contributed by atoms with van der Waals surface area (Å²) in [7, 11) is 0. The molecule has 11 heteroatoms. The molecule has 0 amide bonds. The highest BCUT2D eigenvalue weighted by atomic mass is 32.1. The fourth-order valence-corrected chi connectivity index (χ4v) is 17.7. The van der Waals surface area contributed by atoms with E-state index < -0.39 is 0 Å². The zero-order valence-electron chi connectivity index (χ0n) is 57.9. The summed E-state index contributed by atoms with van der Waals surface area (Å²) in [5, 5.41) is 19.7. The Kier molecular flexibility index (Phi) is 15.8. The zero-order valence-corrected chi connectivity index (χ0v) is 59.5. The molecule has 6 heterocycles. The van der Waals surface area contributed by atoms with E-state index in [-0.39, 0.29) is 0 Å². The van der Waals surface area contributed by atoms with Gasteiger partial charge in [0.25, 0.3) is 0 Å². The maximum absolute atomic E-state index is 9.53. The average Bonchev–Trinajstić information content (AvgIpc) is 1.61. The number of thiophene rings is 2. The highest BCUT2D eigenvalue weighted by molar-refractivity contribution is 7.26. The number of aromatic nitrogens is 8. The van der Waals surface area contributed by atoms with E-state index in [2.05, 4.69) is 282 Å². The van der Waals surface area contributed by atoms with Crippen molar-refractivity contribution in [1.29, 1.82) is 5.26 Å². The molecular weight excluding hydrogens is 1360 g/mol. The van der Waals surface area contributed by atoms with Gasteiger partial charge in [0.15, 0.2) is 34.9 Å². The van der Waals surface area contributed by atoms with Crippen LogP contribution in [-0.2, 0) is 0 Å². The number of nitriles is 1. The van der Waals surface area contributed by atoms with E-state index in [0.29, 0.717) is 40.5 Å². The van der Waals surface area contributed by atoms with Crippen molar-refractivity contribution in [3.63, 3.8) is 0 Å². The van der Waals surface area contributed by atoms with Crippen LogP contribution < -0.4 is 0 Å². The van der Waals surface area contributed by atoms with Gasteiger partial charge in [-0.15, -0.1) is 22.7 Å². The summed E-state index contributed by atoms with van der Waals surface area (Å²) in [5.74, 6) is 3.59. The first-order valence-corrected chi connectivity index (χ1v) is 37.5. The van der Waals surface area contributed by atoms with Gasteiger partial charge in [-0.05, 0) is 149 Å². The highest BCUT2D eigenvalue weighted by Gasteiger charge is 2.21. The quantitative estimate of drug-likeness (QED) is 0.127. The lowest BCUT2D eigenvalue weighted by Gasteiger charge is -2.11. The van der Waals surface area contributed by atoms with E-state index >= 15 is 0 Å². The van der Waals surface area contributed by atoms with Gasteiger partial charge in [-0.2, -0.15) is 5.26 Å². The molecule has 504 valence electrons. The molecule has 6 aromatic heterocycles. The first-order valence-electron chi connectivity index (χ1n) is 35.9. The minimum Gasteiger partial charge on any atom is -0.309 e. The third kappa shape index (κ3) is 11.4. The van der Waals surface area contributed by atoms with E-state index in [1.807, 2.05) is 108 Å². The van der Waals surface area contributed by atoms with E-state index in [1.165, 1.54) is 95.2 Å². The summed E-state index contributed by atoms with van der Waals surface area (Å²) in [6, 6.07) is 127. The Bertz CT molecular complexity index is 7120. The van der Waals surface area contributed by atoms with Crippen LogP contribution in [0, 0.1) is 11.3 Å². The number of hydrogen-bond donors (Lipinski definition) is 0. The molecule has 21 aromatic rings. The largest absolute Gasteiger partial charge is 0.309 e. The minimum absolute atomic E-state index is 0.523. The van der Waals surface area contributed by atoms with Crippen molar-refractivity contribution in [3.05, 3.63) is 363 Å². The Labute approximate surface area is 629 Å². The van der Waals surface area contributed by atoms with Crippen LogP contribution in [0.5, 0.6) is 0 Å². The normalized spacial score (nSPS) is 11.5. The molecule has 0 atom stereocenters. The predicted octanol–water partition coefficient (Wildman–Crippen LogP) is 25.5. The maximum Gasteiger partial charge on any atom is 0.164 e. The van der Waals surface area contributed by atoms with Crippen LogP contribution in [0.15, 0.2) is 358 Å². The van der Waals surface area contributed by atoms with Crippen LogP contribution in [-0.4, -0.2) is 39.0 Å². The maximum atomic E-state index is 9.53. The second-order valence-electron chi connectivity index (χ2n) is 26.8. The van der Waals surface area contributed by atoms with Gasteiger partial charge in [-0.25, -0.2) is 29.9 Å². The lowest BCUT2D eigenvalue weighted by atomic mass is 10.0. The molecule has 0 N–H and O–H groups in total. The molecule has 0 aliphatic carbocycles. The van der Waals surface area contributed by atoms with Gasteiger partial charge in [0.05, 0.1) is 33.7 Å². The van der Waals surface area contributed by atoms with Gasteiger partial charge in [-0.1, -0.05) is 243 Å². The second kappa shape index (κ2) is 26.8.